The van der Waals surface area contributed by atoms with E-state index >= 15 is 0 Å². The molecule has 0 aromatic heterocycles. The minimum Gasteiger partial charge on any atom is -0.317 e. The smallest absolute Gasteiger partial charge is 0.280 e. The minimum atomic E-state index is -3.95. The first-order valence-corrected chi connectivity index (χ1v) is 13.0. The van der Waals surface area contributed by atoms with Crippen molar-refractivity contribution in [1.29, 1.82) is 0 Å². The molecule has 0 atom stereocenters. The molecule has 3 N–H and O–H groups in total. The quantitative estimate of drug-likeness (QED) is 0.389. The summed E-state index contributed by atoms with van der Waals surface area (Å²) in [4.78, 5) is 31.2. The normalized spacial score (nSPS) is 20.4. The number of halogens is 1. The van der Waals surface area contributed by atoms with Crippen LogP contribution in [0.15, 0.2) is 24.3 Å². The van der Waals surface area contributed by atoms with Crippen LogP contribution in [0.1, 0.15) is 56.8 Å². The fraction of sp³-hybridized carbons (Fsp3) is 0.636. The molecule has 2 heterocycles. The maximum Gasteiger partial charge on any atom is 0.280 e. The SMILES string of the molecule is CC(C)(C)ONC(=O)C1(NS(=O)(=O)N2CCC(C(=O)c3ccc(Cl)cc3)CC2)CCNCC1. The second kappa shape index (κ2) is 10.4. The zero-order valence-corrected chi connectivity index (χ0v) is 20.9. The molecule has 2 aliphatic rings. The van der Waals surface area contributed by atoms with Crippen molar-refractivity contribution >= 4 is 33.5 Å². The summed E-state index contributed by atoms with van der Waals surface area (Å²) in [6.07, 6.45) is 1.43. The minimum absolute atomic E-state index is 0.00907. The van der Waals surface area contributed by atoms with E-state index in [4.69, 9.17) is 16.4 Å². The number of rotatable bonds is 7. The van der Waals surface area contributed by atoms with Gasteiger partial charge in [0.1, 0.15) is 5.54 Å². The molecule has 2 aliphatic heterocycles. The molecule has 0 aliphatic carbocycles. The Kier molecular flexibility index (Phi) is 8.19. The number of ketones is 1. The molecule has 184 valence electrons. The maximum atomic E-state index is 13.2. The molecule has 0 bridgehead atoms. The molecular weight excluding hydrogens is 468 g/mol. The summed E-state index contributed by atoms with van der Waals surface area (Å²) < 4.78 is 30.4. The van der Waals surface area contributed by atoms with Crippen LogP contribution in [0.25, 0.3) is 0 Å². The number of piperidine rings is 2. The Morgan fingerprint density at radius 3 is 2.24 bits per heavy atom. The number of carbonyl (C=O) groups is 2. The topological polar surface area (TPSA) is 117 Å². The number of nitrogens with zero attached hydrogens (tertiary/aromatic N) is 1. The number of carbonyl (C=O) groups excluding carboxylic acids is 2. The van der Waals surface area contributed by atoms with Gasteiger partial charge in [0.2, 0.25) is 0 Å². The number of nitrogens with one attached hydrogen (secondary N) is 3. The van der Waals surface area contributed by atoms with Crippen molar-refractivity contribution in [1.82, 2.24) is 19.8 Å². The standard InChI is InChI=1S/C22H33ClN4O5S/c1-21(2,3)32-25-20(29)22(10-12-24-13-11-22)26-33(30,31)27-14-8-17(9-15-27)19(28)16-4-6-18(23)7-5-16/h4-7,17,24,26H,8-15H2,1-3H3,(H,25,29). The van der Waals surface area contributed by atoms with E-state index < -0.39 is 27.3 Å². The molecule has 1 aromatic carbocycles. The van der Waals surface area contributed by atoms with Gasteiger partial charge in [-0.25, -0.2) is 5.48 Å². The van der Waals surface area contributed by atoms with E-state index in [2.05, 4.69) is 15.5 Å². The van der Waals surface area contributed by atoms with E-state index in [9.17, 15) is 18.0 Å². The molecule has 2 fully saturated rings. The summed E-state index contributed by atoms with van der Waals surface area (Å²) in [7, 11) is -3.95. The number of Topliss-reactive ketones (excluding diaryl/α,β-unsaturated/α-hetero) is 1. The van der Waals surface area contributed by atoms with E-state index in [-0.39, 0.29) is 24.8 Å². The maximum absolute atomic E-state index is 13.2. The molecule has 0 saturated carbocycles. The summed E-state index contributed by atoms with van der Waals surface area (Å²) in [6.45, 7) is 6.79. The number of hydroxylamine groups is 1. The van der Waals surface area contributed by atoms with E-state index in [0.717, 1.165) is 0 Å². The molecule has 1 amide bonds. The molecule has 3 rings (SSSR count). The van der Waals surface area contributed by atoms with Gasteiger partial charge in [-0.15, -0.1) is 0 Å². The van der Waals surface area contributed by atoms with Crippen LogP contribution >= 0.6 is 11.6 Å². The third kappa shape index (κ3) is 6.74. The average Bonchev–Trinajstić information content (AvgIpc) is 2.77. The Hall–Kier alpha value is -1.56. The van der Waals surface area contributed by atoms with Crippen LogP contribution in [0, 0.1) is 5.92 Å². The van der Waals surface area contributed by atoms with Crippen molar-refractivity contribution in [3.05, 3.63) is 34.9 Å². The van der Waals surface area contributed by atoms with Gasteiger partial charge >= 0.3 is 0 Å². The third-order valence-electron chi connectivity index (χ3n) is 5.96. The predicted molar refractivity (Wildman–Crippen MR) is 126 cm³/mol. The molecule has 9 nitrogen and oxygen atoms in total. The summed E-state index contributed by atoms with van der Waals surface area (Å²) >= 11 is 5.90. The molecule has 11 heteroatoms. The number of hydrogen-bond donors (Lipinski definition) is 3. The van der Waals surface area contributed by atoms with Crippen molar-refractivity contribution < 1.29 is 22.8 Å². The molecule has 0 unspecified atom stereocenters. The van der Waals surface area contributed by atoms with Gasteiger partial charge in [-0.1, -0.05) is 11.6 Å². The van der Waals surface area contributed by atoms with Crippen LogP contribution in [0.4, 0.5) is 0 Å². The van der Waals surface area contributed by atoms with Crippen molar-refractivity contribution in [2.24, 2.45) is 5.92 Å². The van der Waals surface area contributed by atoms with Gasteiger partial charge in [-0.05, 0) is 83.8 Å². The summed E-state index contributed by atoms with van der Waals surface area (Å²) in [5, 5.41) is 3.71. The van der Waals surface area contributed by atoms with Crippen LogP contribution in [-0.4, -0.2) is 61.7 Å². The van der Waals surface area contributed by atoms with Crippen LogP contribution in [0.3, 0.4) is 0 Å². The van der Waals surface area contributed by atoms with Crippen molar-refractivity contribution in [3.63, 3.8) is 0 Å². The van der Waals surface area contributed by atoms with Crippen molar-refractivity contribution in [2.45, 2.75) is 57.6 Å². The highest BCUT2D eigenvalue weighted by Gasteiger charge is 2.45. The van der Waals surface area contributed by atoms with E-state index in [1.807, 2.05) is 0 Å². The van der Waals surface area contributed by atoms with E-state index in [0.29, 0.717) is 49.4 Å². The highest BCUT2D eigenvalue weighted by atomic mass is 35.5. The number of amides is 1. The Labute approximate surface area is 200 Å². The van der Waals surface area contributed by atoms with Crippen LogP contribution in [0.2, 0.25) is 5.02 Å². The number of benzene rings is 1. The van der Waals surface area contributed by atoms with Gasteiger partial charge < -0.3 is 5.32 Å². The Morgan fingerprint density at radius 1 is 1.12 bits per heavy atom. The summed E-state index contributed by atoms with van der Waals surface area (Å²) in [5.74, 6) is -0.769. The van der Waals surface area contributed by atoms with Crippen LogP contribution in [0.5, 0.6) is 0 Å². The molecule has 2 saturated heterocycles. The lowest BCUT2D eigenvalue weighted by Crippen LogP contribution is -2.65. The lowest BCUT2D eigenvalue weighted by molar-refractivity contribution is -0.152. The fourth-order valence-electron chi connectivity index (χ4n) is 4.05. The zero-order chi connectivity index (χ0) is 24.3. The first-order chi connectivity index (χ1) is 15.4. The highest BCUT2D eigenvalue weighted by molar-refractivity contribution is 7.87. The summed E-state index contributed by atoms with van der Waals surface area (Å²) in [5.41, 5.74) is 1.10. The van der Waals surface area contributed by atoms with Gasteiger partial charge in [0, 0.05) is 29.6 Å². The molecular formula is C22H33ClN4O5S. The van der Waals surface area contributed by atoms with E-state index in [1.54, 1.807) is 45.0 Å². The third-order valence-corrected chi connectivity index (χ3v) is 7.91. The van der Waals surface area contributed by atoms with Crippen LogP contribution < -0.4 is 15.5 Å². The number of hydrogen-bond acceptors (Lipinski definition) is 6. The Morgan fingerprint density at radius 2 is 1.70 bits per heavy atom. The van der Waals surface area contributed by atoms with Gasteiger partial charge in [0.05, 0.1) is 5.60 Å². The van der Waals surface area contributed by atoms with Gasteiger partial charge in [0.15, 0.2) is 5.78 Å². The van der Waals surface area contributed by atoms with E-state index in [1.165, 1.54) is 4.31 Å². The molecule has 0 radical (unpaired) electrons. The Bertz CT molecular complexity index is 948. The summed E-state index contributed by atoms with van der Waals surface area (Å²) in [6, 6.07) is 6.72. The fourth-order valence-corrected chi connectivity index (χ4v) is 5.78. The lowest BCUT2D eigenvalue weighted by atomic mass is 9.89. The zero-order valence-electron chi connectivity index (χ0n) is 19.3. The Balaban J connectivity index is 1.65. The largest absolute Gasteiger partial charge is 0.317 e. The van der Waals surface area contributed by atoms with Crippen molar-refractivity contribution in [2.75, 3.05) is 26.2 Å². The average molecular weight is 501 g/mol. The van der Waals surface area contributed by atoms with Crippen molar-refractivity contribution in [3.8, 4) is 0 Å². The molecule has 33 heavy (non-hydrogen) atoms. The second-order valence-corrected chi connectivity index (χ2v) is 11.7. The molecule has 0 spiro atoms. The first-order valence-electron chi connectivity index (χ1n) is 11.2. The second-order valence-electron chi connectivity index (χ2n) is 9.63. The monoisotopic (exact) mass is 500 g/mol. The first kappa shape index (κ1) is 26.1. The lowest BCUT2D eigenvalue weighted by Gasteiger charge is -2.39. The highest BCUT2D eigenvalue weighted by Crippen LogP contribution is 2.26. The van der Waals surface area contributed by atoms with Gasteiger partial charge in [0.25, 0.3) is 16.1 Å². The van der Waals surface area contributed by atoms with Gasteiger partial charge in [-0.3, -0.25) is 14.4 Å². The van der Waals surface area contributed by atoms with Gasteiger partial charge in [-0.2, -0.15) is 17.4 Å². The molecule has 1 aromatic rings. The van der Waals surface area contributed by atoms with Crippen LogP contribution in [-0.2, 0) is 19.8 Å². The predicted octanol–water partition coefficient (Wildman–Crippen LogP) is 2.04.